The molecule has 16 heteroatoms. The Kier molecular flexibility index (Phi) is 43.3. The summed E-state index contributed by atoms with van der Waals surface area (Å²) in [6, 6.07) is 0. The van der Waals surface area contributed by atoms with Crippen LogP contribution in [0.4, 0.5) is 0 Å². The monoisotopic (exact) mass is 750 g/mol. The molecule has 0 fully saturated rings. The van der Waals surface area contributed by atoms with E-state index in [0.717, 1.165) is 0 Å². The second-order valence-electron chi connectivity index (χ2n) is 11.8. The molecule has 0 rings (SSSR count). The van der Waals surface area contributed by atoms with Crippen molar-refractivity contribution < 1.29 is 76.9 Å². The molecule has 0 aromatic rings. The topological polar surface area (TPSA) is 181 Å². The molecular formula is C35H74O16. The Hall–Kier alpha value is -0.640. The van der Waals surface area contributed by atoms with Gasteiger partial charge in [-0.25, -0.2) is 0 Å². The predicted molar refractivity (Wildman–Crippen MR) is 191 cm³/mol. The van der Waals surface area contributed by atoms with E-state index in [0.29, 0.717) is 132 Å². The van der Waals surface area contributed by atoms with E-state index in [1.54, 1.807) is 14.0 Å². The number of rotatable bonds is 39. The summed E-state index contributed by atoms with van der Waals surface area (Å²) in [5, 5.41) is 26.6. The van der Waals surface area contributed by atoms with Crippen LogP contribution in [0.5, 0.6) is 0 Å². The van der Waals surface area contributed by atoms with Crippen molar-refractivity contribution >= 4 is 0 Å². The Morgan fingerprint density at radius 3 is 0.863 bits per heavy atom. The quantitative estimate of drug-likeness (QED) is 0.0761. The third-order valence-corrected chi connectivity index (χ3v) is 6.24. The summed E-state index contributed by atoms with van der Waals surface area (Å²) < 4.78 is 69.8. The SMILES string of the molecule is CC(O)COC(C)COC(C)COC(C)COC(C)COC(C)CO.COCCOCCOCCOCCOCCOCCOCCOCCO. The van der Waals surface area contributed by atoms with Gasteiger partial charge in [0.25, 0.3) is 0 Å². The molecule has 51 heavy (non-hydrogen) atoms. The highest BCUT2D eigenvalue weighted by Gasteiger charge is 2.12. The Morgan fingerprint density at radius 1 is 0.353 bits per heavy atom. The highest BCUT2D eigenvalue weighted by atomic mass is 16.6. The van der Waals surface area contributed by atoms with E-state index >= 15 is 0 Å². The third kappa shape index (κ3) is 45.4. The first-order valence-corrected chi connectivity index (χ1v) is 18.2. The Labute approximate surface area is 307 Å². The maximum atomic E-state index is 9.17. The van der Waals surface area contributed by atoms with Gasteiger partial charge in [-0.15, -0.1) is 0 Å². The number of aliphatic hydroxyl groups is 3. The van der Waals surface area contributed by atoms with Crippen molar-refractivity contribution in [2.24, 2.45) is 0 Å². The van der Waals surface area contributed by atoms with E-state index in [4.69, 9.17) is 71.8 Å². The normalized spacial score (nSPS) is 15.2. The number of hydrogen-bond acceptors (Lipinski definition) is 16. The maximum Gasteiger partial charge on any atom is 0.0781 e. The van der Waals surface area contributed by atoms with Crippen LogP contribution in [0.1, 0.15) is 41.5 Å². The van der Waals surface area contributed by atoms with E-state index in [1.807, 2.05) is 34.6 Å². The Morgan fingerprint density at radius 2 is 0.608 bits per heavy atom. The lowest BCUT2D eigenvalue weighted by Crippen LogP contribution is -2.29. The van der Waals surface area contributed by atoms with Gasteiger partial charge in [0.15, 0.2) is 0 Å². The average molecular weight is 751 g/mol. The molecule has 0 bridgehead atoms. The molecule has 0 spiro atoms. The van der Waals surface area contributed by atoms with Gasteiger partial charge in [0.2, 0.25) is 0 Å². The molecule has 0 saturated carbocycles. The van der Waals surface area contributed by atoms with E-state index < -0.39 is 6.10 Å². The molecule has 3 N–H and O–H groups in total. The largest absolute Gasteiger partial charge is 0.394 e. The van der Waals surface area contributed by atoms with Crippen molar-refractivity contribution in [3.05, 3.63) is 0 Å². The zero-order valence-corrected chi connectivity index (χ0v) is 32.7. The molecule has 0 aliphatic rings. The van der Waals surface area contributed by atoms with Gasteiger partial charge in [0.1, 0.15) is 0 Å². The molecule has 0 saturated heterocycles. The fourth-order valence-electron chi connectivity index (χ4n) is 3.38. The molecule has 6 unspecified atom stereocenters. The molecule has 310 valence electrons. The van der Waals surface area contributed by atoms with Gasteiger partial charge in [0.05, 0.1) is 182 Å². The first-order valence-electron chi connectivity index (χ1n) is 18.2. The van der Waals surface area contributed by atoms with E-state index in [1.165, 1.54) is 0 Å². The van der Waals surface area contributed by atoms with E-state index in [-0.39, 0.29) is 43.7 Å². The van der Waals surface area contributed by atoms with Gasteiger partial charge >= 0.3 is 0 Å². The highest BCUT2D eigenvalue weighted by Crippen LogP contribution is 2.03. The van der Waals surface area contributed by atoms with Gasteiger partial charge in [-0.3, -0.25) is 0 Å². The van der Waals surface area contributed by atoms with Crippen LogP contribution in [0.25, 0.3) is 0 Å². The maximum absolute atomic E-state index is 9.17. The summed E-state index contributed by atoms with van der Waals surface area (Å²) in [7, 11) is 1.64. The van der Waals surface area contributed by atoms with E-state index in [2.05, 4.69) is 0 Å². The first-order chi connectivity index (χ1) is 24.7. The van der Waals surface area contributed by atoms with Crippen molar-refractivity contribution in [2.45, 2.75) is 78.2 Å². The number of hydrogen-bond donors (Lipinski definition) is 3. The van der Waals surface area contributed by atoms with Crippen molar-refractivity contribution in [3.63, 3.8) is 0 Å². The molecule has 0 radical (unpaired) electrons. The van der Waals surface area contributed by atoms with Crippen LogP contribution in [-0.4, -0.2) is 204 Å². The number of aliphatic hydroxyl groups excluding tert-OH is 3. The van der Waals surface area contributed by atoms with Crippen LogP contribution < -0.4 is 0 Å². The summed E-state index contributed by atoms with van der Waals surface area (Å²) in [4.78, 5) is 0. The minimum Gasteiger partial charge on any atom is -0.394 e. The van der Waals surface area contributed by atoms with Gasteiger partial charge in [-0.1, -0.05) is 0 Å². The van der Waals surface area contributed by atoms with Crippen molar-refractivity contribution in [2.75, 3.05) is 152 Å². The average Bonchev–Trinajstić information content (AvgIpc) is 3.12. The fourth-order valence-corrected chi connectivity index (χ4v) is 3.38. The first kappa shape index (κ1) is 52.5. The van der Waals surface area contributed by atoms with Crippen LogP contribution in [0, 0.1) is 0 Å². The summed E-state index contributed by atoms with van der Waals surface area (Å²) >= 11 is 0. The van der Waals surface area contributed by atoms with Crippen molar-refractivity contribution in [1.29, 1.82) is 0 Å². The summed E-state index contributed by atoms with van der Waals surface area (Å²) in [6.45, 7) is 21.3. The summed E-state index contributed by atoms with van der Waals surface area (Å²) in [5.41, 5.74) is 0. The molecule has 0 aliphatic heterocycles. The second kappa shape index (κ2) is 42.1. The molecule has 0 heterocycles. The molecule has 0 aromatic carbocycles. The zero-order valence-electron chi connectivity index (χ0n) is 32.7. The van der Waals surface area contributed by atoms with E-state index in [9.17, 15) is 5.11 Å². The van der Waals surface area contributed by atoms with Crippen molar-refractivity contribution in [3.8, 4) is 0 Å². The van der Waals surface area contributed by atoms with Gasteiger partial charge in [0, 0.05) is 7.11 Å². The van der Waals surface area contributed by atoms with Crippen LogP contribution >= 0.6 is 0 Å². The van der Waals surface area contributed by atoms with Gasteiger partial charge in [-0.05, 0) is 41.5 Å². The summed E-state index contributed by atoms with van der Waals surface area (Å²) in [6.07, 6.45) is -0.868. The lowest BCUT2D eigenvalue weighted by Gasteiger charge is -2.22. The molecule has 6 atom stereocenters. The predicted octanol–water partition coefficient (Wildman–Crippen LogP) is 1.13. The molecule has 0 aliphatic carbocycles. The van der Waals surface area contributed by atoms with Crippen LogP contribution in [0.3, 0.4) is 0 Å². The minimum atomic E-state index is -0.469. The van der Waals surface area contributed by atoms with Crippen LogP contribution in [0.2, 0.25) is 0 Å². The fraction of sp³-hybridized carbons (Fsp3) is 1.00. The Bertz CT molecular complexity index is 627. The lowest BCUT2D eigenvalue weighted by atomic mass is 10.3. The van der Waals surface area contributed by atoms with Gasteiger partial charge < -0.3 is 76.9 Å². The molecule has 0 amide bonds. The summed E-state index contributed by atoms with van der Waals surface area (Å²) in [5.74, 6) is 0. The zero-order chi connectivity index (χ0) is 38.2. The molecule has 16 nitrogen and oxygen atoms in total. The second-order valence-corrected chi connectivity index (χ2v) is 11.8. The third-order valence-electron chi connectivity index (χ3n) is 6.24. The minimum absolute atomic E-state index is 0.00675. The standard InChI is InChI=1S/C18H38O7.C17H36O9/c1-13(20)8-21-15(3)10-23-17(5)12-25-18(6)11-24-16(4)9-22-14(2)7-19;1-19-4-5-21-8-9-23-12-13-25-16-17-26-15-14-24-11-10-22-7-6-20-3-2-18/h13-20H,7-12H2,1-6H3;18H,2-17H2,1H3. The van der Waals surface area contributed by atoms with Crippen LogP contribution in [-0.2, 0) is 61.6 Å². The Balaban J connectivity index is 0. The highest BCUT2D eigenvalue weighted by molar-refractivity contribution is 4.58. The van der Waals surface area contributed by atoms with Crippen molar-refractivity contribution in [1.82, 2.24) is 0 Å². The number of methoxy groups -OCH3 is 1. The number of ether oxygens (including phenoxy) is 13. The van der Waals surface area contributed by atoms with Gasteiger partial charge in [-0.2, -0.15) is 0 Å². The lowest BCUT2D eigenvalue weighted by molar-refractivity contribution is -0.100. The van der Waals surface area contributed by atoms with Crippen LogP contribution in [0.15, 0.2) is 0 Å². The molecular weight excluding hydrogens is 676 g/mol. The molecule has 0 aromatic heterocycles. The smallest absolute Gasteiger partial charge is 0.0781 e.